The molecule has 0 amide bonds. The van der Waals surface area contributed by atoms with Crippen LogP contribution >= 0.6 is 0 Å². The fourth-order valence-corrected chi connectivity index (χ4v) is 6.62. The Hall–Kier alpha value is -1.29. The Kier molecular flexibility index (Phi) is 3.84. The number of allylic oxidation sites excluding steroid dienone is 3. The van der Waals surface area contributed by atoms with Crippen LogP contribution in [0, 0.1) is 34.5 Å². The van der Waals surface area contributed by atoms with E-state index in [9.17, 15) is 15.0 Å². The van der Waals surface area contributed by atoms with Gasteiger partial charge in [-0.2, -0.15) is 0 Å². The molecule has 4 aliphatic carbocycles. The summed E-state index contributed by atoms with van der Waals surface area (Å²) >= 11 is 0. The quantitative estimate of drug-likeness (QED) is 0.560. The minimum absolute atomic E-state index is 0.0418. The van der Waals surface area contributed by atoms with Gasteiger partial charge in [0.2, 0.25) is 0 Å². The van der Waals surface area contributed by atoms with Crippen LogP contribution in [0.2, 0.25) is 0 Å². The zero-order chi connectivity index (χ0) is 18.0. The molecule has 0 radical (unpaired) electrons. The number of fused-ring (bicyclic) bond motifs is 5. The number of carbonyl (C=O) groups excluding carboxylic acids is 1. The molecule has 2 N–H and O–H groups in total. The van der Waals surface area contributed by atoms with Crippen LogP contribution in [0.5, 0.6) is 0 Å². The van der Waals surface area contributed by atoms with Crippen molar-refractivity contribution >= 4 is 5.97 Å². The van der Waals surface area contributed by atoms with Crippen LogP contribution in [0.3, 0.4) is 0 Å². The number of aliphatic hydroxyl groups is 2. The maximum absolute atomic E-state index is 11.8. The molecule has 0 spiro atoms. The van der Waals surface area contributed by atoms with Gasteiger partial charge in [-0.1, -0.05) is 26.0 Å². The SMILES string of the molecule is CC(=O)O[C@H]1C[C@@H]2C[C@@H](O)C=C[C@]2(C)[C@H]2CC[C@]3(C)C(O)=CC[C@H]3[C@H]12. The lowest BCUT2D eigenvalue weighted by atomic mass is 9.45. The second kappa shape index (κ2) is 5.60. The largest absolute Gasteiger partial charge is 0.512 e. The van der Waals surface area contributed by atoms with E-state index in [1.807, 2.05) is 12.2 Å². The molecule has 25 heavy (non-hydrogen) atoms. The molecule has 8 atom stereocenters. The summed E-state index contributed by atoms with van der Waals surface area (Å²) in [7, 11) is 0. The highest BCUT2D eigenvalue weighted by Gasteiger charge is 2.61. The molecule has 0 aromatic carbocycles. The van der Waals surface area contributed by atoms with Crippen LogP contribution < -0.4 is 0 Å². The predicted molar refractivity (Wildman–Crippen MR) is 94.7 cm³/mol. The molecule has 4 rings (SSSR count). The highest BCUT2D eigenvalue weighted by molar-refractivity contribution is 5.66. The molecular formula is C21H30O4. The normalized spacial score (nSPS) is 51.1. The summed E-state index contributed by atoms with van der Waals surface area (Å²) in [5.41, 5.74) is -0.138. The molecule has 4 aliphatic rings. The monoisotopic (exact) mass is 346 g/mol. The van der Waals surface area contributed by atoms with Crippen molar-refractivity contribution in [3.8, 4) is 0 Å². The van der Waals surface area contributed by atoms with Crippen molar-refractivity contribution in [1.29, 1.82) is 0 Å². The molecule has 4 heteroatoms. The first-order chi connectivity index (χ1) is 11.8. The van der Waals surface area contributed by atoms with Gasteiger partial charge in [-0.15, -0.1) is 0 Å². The maximum atomic E-state index is 11.8. The maximum Gasteiger partial charge on any atom is 0.302 e. The minimum Gasteiger partial charge on any atom is -0.512 e. The summed E-state index contributed by atoms with van der Waals surface area (Å²) in [5, 5.41) is 20.6. The molecule has 4 nitrogen and oxygen atoms in total. The van der Waals surface area contributed by atoms with Gasteiger partial charge in [0.25, 0.3) is 0 Å². The molecule has 0 aromatic rings. The minimum atomic E-state index is -0.390. The lowest BCUT2D eigenvalue weighted by Gasteiger charge is -2.60. The van der Waals surface area contributed by atoms with Crippen LogP contribution in [0.15, 0.2) is 24.0 Å². The first kappa shape index (κ1) is 17.1. The summed E-state index contributed by atoms with van der Waals surface area (Å²) in [6.07, 6.45) is 10.1. The smallest absolute Gasteiger partial charge is 0.302 e. The van der Waals surface area contributed by atoms with Crippen molar-refractivity contribution < 1.29 is 19.7 Å². The Balaban J connectivity index is 1.74. The van der Waals surface area contributed by atoms with E-state index in [0.717, 1.165) is 32.1 Å². The lowest BCUT2D eigenvalue weighted by Crippen LogP contribution is -2.58. The van der Waals surface area contributed by atoms with Gasteiger partial charge in [-0.25, -0.2) is 0 Å². The highest BCUT2D eigenvalue weighted by atomic mass is 16.5. The van der Waals surface area contributed by atoms with E-state index in [1.54, 1.807) is 0 Å². The Morgan fingerprint density at radius 1 is 1.28 bits per heavy atom. The van der Waals surface area contributed by atoms with Crippen LogP contribution in [0.1, 0.15) is 52.9 Å². The van der Waals surface area contributed by atoms with Crippen molar-refractivity contribution in [2.45, 2.75) is 65.1 Å². The molecule has 0 unspecified atom stereocenters. The fraction of sp³-hybridized carbons (Fsp3) is 0.762. The standard InChI is InChI=1S/C21H30O4/c1-12(22)25-17-11-13-10-14(23)6-8-20(13,2)16-7-9-21(3)15(19(16)17)4-5-18(21)24/h5-6,8,13-17,19,23-24H,4,7,9-11H2,1-3H3/t13-,14-,15-,16-,17-,19-,20-,21-/m0/s1. The number of esters is 1. The topological polar surface area (TPSA) is 66.8 Å². The van der Waals surface area contributed by atoms with Crippen LogP contribution in [0.25, 0.3) is 0 Å². The van der Waals surface area contributed by atoms with Crippen molar-refractivity contribution in [3.05, 3.63) is 24.0 Å². The van der Waals surface area contributed by atoms with E-state index in [1.165, 1.54) is 6.92 Å². The molecule has 2 fully saturated rings. The number of hydrogen-bond donors (Lipinski definition) is 2. The van der Waals surface area contributed by atoms with Crippen molar-refractivity contribution in [2.75, 3.05) is 0 Å². The Morgan fingerprint density at radius 3 is 2.76 bits per heavy atom. The third-order valence-electron chi connectivity index (χ3n) is 8.02. The lowest BCUT2D eigenvalue weighted by molar-refractivity contribution is -0.177. The molecule has 2 saturated carbocycles. The second-order valence-corrected chi connectivity index (χ2v) is 9.18. The molecule has 138 valence electrons. The first-order valence-corrected chi connectivity index (χ1v) is 9.70. The number of rotatable bonds is 1. The van der Waals surface area contributed by atoms with Crippen molar-refractivity contribution in [2.24, 2.45) is 34.5 Å². The first-order valence-electron chi connectivity index (χ1n) is 9.70. The summed E-state index contributed by atoms with van der Waals surface area (Å²) in [5.74, 6) is 1.67. The number of carbonyl (C=O) groups is 1. The number of aliphatic hydroxyl groups excluding tert-OH is 2. The van der Waals surface area contributed by atoms with Gasteiger partial charge in [0.1, 0.15) is 6.10 Å². The molecular weight excluding hydrogens is 316 g/mol. The average Bonchev–Trinajstić information content (AvgIpc) is 2.84. The van der Waals surface area contributed by atoms with Gasteiger partial charge in [-0.05, 0) is 61.3 Å². The number of hydrogen-bond acceptors (Lipinski definition) is 4. The molecule has 0 bridgehead atoms. The Bertz CT molecular complexity index is 638. The third-order valence-corrected chi connectivity index (χ3v) is 8.02. The van der Waals surface area contributed by atoms with E-state index in [4.69, 9.17) is 4.74 Å². The van der Waals surface area contributed by atoms with Gasteiger partial charge >= 0.3 is 5.97 Å². The molecule has 0 aliphatic heterocycles. The van der Waals surface area contributed by atoms with E-state index in [0.29, 0.717) is 23.5 Å². The van der Waals surface area contributed by atoms with Crippen LogP contribution in [-0.4, -0.2) is 28.4 Å². The zero-order valence-electron chi connectivity index (χ0n) is 15.4. The summed E-state index contributed by atoms with van der Waals surface area (Å²) < 4.78 is 5.83. The van der Waals surface area contributed by atoms with E-state index in [2.05, 4.69) is 19.9 Å². The van der Waals surface area contributed by atoms with Gasteiger partial charge in [0.05, 0.1) is 11.9 Å². The van der Waals surface area contributed by atoms with Crippen LogP contribution in [0.4, 0.5) is 0 Å². The van der Waals surface area contributed by atoms with Gasteiger partial charge < -0.3 is 14.9 Å². The number of ether oxygens (including phenoxy) is 1. The summed E-state index contributed by atoms with van der Waals surface area (Å²) in [4.78, 5) is 11.8. The van der Waals surface area contributed by atoms with Gasteiger partial charge in [-0.3, -0.25) is 4.79 Å². The van der Waals surface area contributed by atoms with Crippen LogP contribution in [-0.2, 0) is 9.53 Å². The zero-order valence-corrected chi connectivity index (χ0v) is 15.4. The van der Waals surface area contributed by atoms with Crippen molar-refractivity contribution in [3.63, 3.8) is 0 Å². The third kappa shape index (κ3) is 2.40. The Morgan fingerprint density at radius 2 is 2.04 bits per heavy atom. The molecule has 0 aromatic heterocycles. The van der Waals surface area contributed by atoms with Crippen molar-refractivity contribution in [1.82, 2.24) is 0 Å². The van der Waals surface area contributed by atoms with E-state index >= 15 is 0 Å². The Labute approximate surface area is 149 Å². The predicted octanol–water partition coefficient (Wildman–Crippen LogP) is 3.76. The highest BCUT2D eigenvalue weighted by Crippen LogP contribution is 2.65. The second-order valence-electron chi connectivity index (χ2n) is 9.18. The van der Waals surface area contributed by atoms with Gasteiger partial charge in [0, 0.05) is 18.3 Å². The van der Waals surface area contributed by atoms with E-state index in [-0.39, 0.29) is 28.8 Å². The fourth-order valence-electron chi connectivity index (χ4n) is 6.62. The summed E-state index contributed by atoms with van der Waals surface area (Å²) in [6, 6.07) is 0. The van der Waals surface area contributed by atoms with E-state index < -0.39 is 6.10 Å². The molecule has 0 heterocycles. The average molecular weight is 346 g/mol. The molecule has 0 saturated heterocycles. The summed E-state index contributed by atoms with van der Waals surface area (Å²) in [6.45, 7) is 5.99. The van der Waals surface area contributed by atoms with Gasteiger partial charge in [0.15, 0.2) is 0 Å².